The van der Waals surface area contributed by atoms with E-state index in [0.29, 0.717) is 6.42 Å². The van der Waals surface area contributed by atoms with E-state index in [1.807, 2.05) is 47.5 Å². The number of aromatic nitrogens is 1. The first-order chi connectivity index (χ1) is 12.7. The van der Waals surface area contributed by atoms with Crippen molar-refractivity contribution < 1.29 is 4.79 Å². The summed E-state index contributed by atoms with van der Waals surface area (Å²) < 4.78 is 0. The van der Waals surface area contributed by atoms with Crippen molar-refractivity contribution in [3.05, 3.63) is 59.4 Å². The molecule has 0 atom stereocenters. The van der Waals surface area contributed by atoms with Crippen molar-refractivity contribution in [2.75, 3.05) is 31.9 Å². The van der Waals surface area contributed by atoms with Gasteiger partial charge in [0.15, 0.2) is 0 Å². The Morgan fingerprint density at radius 1 is 1.08 bits per heavy atom. The summed E-state index contributed by atoms with van der Waals surface area (Å²) in [6, 6.07) is 13.9. The van der Waals surface area contributed by atoms with Crippen molar-refractivity contribution >= 4 is 29.3 Å². The maximum atomic E-state index is 12.4. The van der Waals surface area contributed by atoms with Gasteiger partial charge in [-0.15, -0.1) is 11.8 Å². The van der Waals surface area contributed by atoms with E-state index in [2.05, 4.69) is 16.0 Å². The second kappa shape index (κ2) is 9.95. The van der Waals surface area contributed by atoms with E-state index in [9.17, 15) is 4.79 Å². The van der Waals surface area contributed by atoms with Gasteiger partial charge in [0.25, 0.3) is 0 Å². The number of hydrogen-bond donors (Lipinski definition) is 0. The van der Waals surface area contributed by atoms with Crippen molar-refractivity contribution in [3.63, 3.8) is 0 Å². The van der Waals surface area contributed by atoms with Crippen molar-refractivity contribution in [2.24, 2.45) is 0 Å². The Kier molecular flexibility index (Phi) is 7.35. The van der Waals surface area contributed by atoms with Gasteiger partial charge in [-0.2, -0.15) is 0 Å². The fourth-order valence-electron chi connectivity index (χ4n) is 2.98. The number of nitrogens with zero attached hydrogens (tertiary/aromatic N) is 3. The number of pyridine rings is 1. The number of amides is 1. The van der Waals surface area contributed by atoms with Crippen LogP contribution in [-0.4, -0.2) is 52.6 Å². The van der Waals surface area contributed by atoms with E-state index in [0.717, 1.165) is 55.6 Å². The molecular formula is C20H24ClN3OS. The lowest BCUT2D eigenvalue weighted by molar-refractivity contribution is -0.133. The van der Waals surface area contributed by atoms with Crippen LogP contribution in [0.2, 0.25) is 5.02 Å². The van der Waals surface area contributed by atoms with E-state index in [1.165, 1.54) is 4.90 Å². The molecule has 2 aromatic rings. The molecule has 0 unspecified atom stereocenters. The van der Waals surface area contributed by atoms with Crippen LogP contribution >= 0.6 is 23.4 Å². The van der Waals surface area contributed by atoms with E-state index in [-0.39, 0.29) is 5.91 Å². The van der Waals surface area contributed by atoms with Gasteiger partial charge in [-0.05, 0) is 48.6 Å². The smallest absolute Gasteiger partial charge is 0.222 e. The first kappa shape index (κ1) is 19.2. The Morgan fingerprint density at radius 3 is 2.54 bits per heavy atom. The van der Waals surface area contributed by atoms with Crippen LogP contribution in [0, 0.1) is 0 Å². The zero-order valence-electron chi connectivity index (χ0n) is 14.8. The van der Waals surface area contributed by atoms with Crippen LogP contribution in [-0.2, 0) is 11.3 Å². The molecule has 0 bridgehead atoms. The highest BCUT2D eigenvalue weighted by Crippen LogP contribution is 2.21. The minimum absolute atomic E-state index is 0.277. The molecule has 138 valence electrons. The molecule has 0 radical (unpaired) electrons. The van der Waals surface area contributed by atoms with Crippen molar-refractivity contribution in [2.45, 2.75) is 24.3 Å². The molecule has 1 saturated heterocycles. The van der Waals surface area contributed by atoms with Crippen LogP contribution in [0.4, 0.5) is 0 Å². The summed E-state index contributed by atoms with van der Waals surface area (Å²) in [6.07, 6.45) is 3.36. The zero-order chi connectivity index (χ0) is 18.2. The number of piperazine rings is 1. The van der Waals surface area contributed by atoms with E-state index >= 15 is 0 Å². The molecule has 1 aliphatic heterocycles. The van der Waals surface area contributed by atoms with Crippen molar-refractivity contribution in [3.8, 4) is 0 Å². The molecule has 2 heterocycles. The SMILES string of the molecule is O=C(CCCSc1ccc(Cl)cc1)N1CCN(Cc2ccccn2)CC1. The monoisotopic (exact) mass is 389 g/mol. The molecule has 1 aliphatic rings. The third-order valence-electron chi connectivity index (χ3n) is 4.45. The van der Waals surface area contributed by atoms with Crippen molar-refractivity contribution in [1.29, 1.82) is 0 Å². The van der Waals surface area contributed by atoms with E-state index in [1.54, 1.807) is 11.8 Å². The van der Waals surface area contributed by atoms with Gasteiger partial charge in [0.2, 0.25) is 5.91 Å². The lowest BCUT2D eigenvalue weighted by Gasteiger charge is -2.34. The molecule has 0 N–H and O–H groups in total. The summed E-state index contributed by atoms with van der Waals surface area (Å²) in [6.45, 7) is 4.33. The third-order valence-corrected chi connectivity index (χ3v) is 5.80. The Morgan fingerprint density at radius 2 is 1.85 bits per heavy atom. The maximum absolute atomic E-state index is 12.4. The highest BCUT2D eigenvalue weighted by atomic mass is 35.5. The second-order valence-electron chi connectivity index (χ2n) is 6.38. The summed E-state index contributed by atoms with van der Waals surface area (Å²) in [5.41, 5.74) is 1.09. The predicted octanol–water partition coefficient (Wildman–Crippen LogP) is 3.95. The van der Waals surface area contributed by atoms with Crippen LogP contribution in [0.5, 0.6) is 0 Å². The van der Waals surface area contributed by atoms with Crippen LogP contribution in [0.1, 0.15) is 18.5 Å². The van der Waals surface area contributed by atoms with Gasteiger partial charge >= 0.3 is 0 Å². The van der Waals surface area contributed by atoms with E-state index in [4.69, 9.17) is 11.6 Å². The van der Waals surface area contributed by atoms with Gasteiger partial charge in [0.1, 0.15) is 0 Å². The Hall–Kier alpha value is -1.56. The molecule has 0 aliphatic carbocycles. The van der Waals surface area contributed by atoms with Crippen LogP contribution in [0.3, 0.4) is 0 Å². The molecule has 3 rings (SSSR count). The predicted molar refractivity (Wildman–Crippen MR) is 108 cm³/mol. The number of carbonyl (C=O) groups is 1. The van der Waals surface area contributed by atoms with Gasteiger partial charge in [-0.3, -0.25) is 14.7 Å². The minimum atomic E-state index is 0.277. The Bertz CT molecular complexity index is 688. The van der Waals surface area contributed by atoms with Gasteiger partial charge in [0, 0.05) is 55.3 Å². The largest absolute Gasteiger partial charge is 0.340 e. The van der Waals surface area contributed by atoms with Gasteiger partial charge in [-0.1, -0.05) is 17.7 Å². The number of rotatable bonds is 7. The number of halogens is 1. The fourth-order valence-corrected chi connectivity index (χ4v) is 3.96. The molecule has 1 amide bonds. The summed E-state index contributed by atoms with van der Waals surface area (Å²) in [4.78, 5) is 22.3. The topological polar surface area (TPSA) is 36.4 Å². The van der Waals surface area contributed by atoms with Crippen molar-refractivity contribution in [1.82, 2.24) is 14.8 Å². The van der Waals surface area contributed by atoms with Gasteiger partial charge in [0.05, 0.1) is 5.69 Å². The normalized spacial score (nSPS) is 15.2. The lowest BCUT2D eigenvalue weighted by Crippen LogP contribution is -2.48. The maximum Gasteiger partial charge on any atom is 0.222 e. The highest BCUT2D eigenvalue weighted by Gasteiger charge is 2.20. The first-order valence-corrected chi connectivity index (χ1v) is 10.4. The van der Waals surface area contributed by atoms with Gasteiger partial charge in [-0.25, -0.2) is 0 Å². The third kappa shape index (κ3) is 6.01. The number of benzene rings is 1. The molecule has 0 saturated carbocycles. The number of carbonyl (C=O) groups excluding carboxylic acids is 1. The molecule has 0 spiro atoms. The first-order valence-electron chi connectivity index (χ1n) is 8.99. The van der Waals surface area contributed by atoms with Crippen LogP contribution in [0.25, 0.3) is 0 Å². The standard InChI is InChI=1S/C20H24ClN3OS/c21-17-6-8-19(9-7-17)26-15-3-5-20(25)24-13-11-23(12-14-24)16-18-4-1-2-10-22-18/h1-2,4,6-10H,3,5,11-16H2. The summed E-state index contributed by atoms with van der Waals surface area (Å²) in [5.74, 6) is 1.23. The average molecular weight is 390 g/mol. The molecule has 6 heteroatoms. The summed E-state index contributed by atoms with van der Waals surface area (Å²) in [5, 5.41) is 0.756. The fraction of sp³-hybridized carbons (Fsp3) is 0.400. The number of thioether (sulfide) groups is 1. The summed E-state index contributed by atoms with van der Waals surface area (Å²) in [7, 11) is 0. The van der Waals surface area contributed by atoms with Crippen LogP contribution in [0.15, 0.2) is 53.6 Å². The second-order valence-corrected chi connectivity index (χ2v) is 7.99. The average Bonchev–Trinajstić information content (AvgIpc) is 2.68. The molecule has 1 aromatic heterocycles. The van der Waals surface area contributed by atoms with Crippen LogP contribution < -0.4 is 0 Å². The lowest BCUT2D eigenvalue weighted by atomic mass is 10.2. The molecule has 4 nitrogen and oxygen atoms in total. The number of hydrogen-bond acceptors (Lipinski definition) is 4. The molecular weight excluding hydrogens is 366 g/mol. The van der Waals surface area contributed by atoms with Gasteiger partial charge < -0.3 is 4.90 Å². The highest BCUT2D eigenvalue weighted by molar-refractivity contribution is 7.99. The molecule has 26 heavy (non-hydrogen) atoms. The van der Waals surface area contributed by atoms with E-state index < -0.39 is 0 Å². The Labute approximate surface area is 164 Å². The minimum Gasteiger partial charge on any atom is -0.340 e. The molecule has 1 aromatic carbocycles. The molecule has 1 fully saturated rings. The summed E-state index contributed by atoms with van der Waals surface area (Å²) >= 11 is 7.66. The zero-order valence-corrected chi connectivity index (χ0v) is 16.4. The Balaban J connectivity index is 1.32. The quantitative estimate of drug-likeness (QED) is 0.530.